The predicted molar refractivity (Wildman–Crippen MR) is 87.6 cm³/mol. The minimum absolute atomic E-state index is 0.00630. The van der Waals surface area contributed by atoms with Crippen LogP contribution in [0.4, 0.5) is 4.39 Å². The number of halogens is 1. The van der Waals surface area contributed by atoms with Gasteiger partial charge in [-0.05, 0) is 80.1 Å². The van der Waals surface area contributed by atoms with Crippen LogP contribution in [0.15, 0.2) is 46.3 Å². The summed E-state index contributed by atoms with van der Waals surface area (Å²) in [4.78, 5) is 0. The Morgan fingerprint density at radius 1 is 0.905 bits per heavy atom. The minimum atomic E-state index is -0.00630. The van der Waals surface area contributed by atoms with E-state index in [2.05, 4.69) is 19.1 Å². The van der Waals surface area contributed by atoms with Gasteiger partial charge in [-0.25, -0.2) is 4.39 Å². The molecule has 0 amide bonds. The van der Waals surface area contributed by atoms with Crippen LogP contribution in [0.5, 0.6) is 0 Å². The van der Waals surface area contributed by atoms with Gasteiger partial charge in [-0.1, -0.05) is 37.5 Å². The van der Waals surface area contributed by atoms with Crippen molar-refractivity contribution in [2.45, 2.75) is 65.2 Å². The van der Waals surface area contributed by atoms with Gasteiger partial charge in [0.1, 0.15) is 5.83 Å². The van der Waals surface area contributed by atoms with E-state index in [1.54, 1.807) is 11.6 Å². The molecule has 3 rings (SSSR count). The summed E-state index contributed by atoms with van der Waals surface area (Å²) in [6, 6.07) is 0. The molecule has 3 aliphatic rings. The smallest absolute Gasteiger partial charge is 0.122 e. The van der Waals surface area contributed by atoms with Gasteiger partial charge >= 0.3 is 0 Å². The van der Waals surface area contributed by atoms with Crippen molar-refractivity contribution < 1.29 is 4.39 Å². The lowest BCUT2D eigenvalue weighted by atomic mass is 9.76. The lowest BCUT2D eigenvalue weighted by molar-refractivity contribution is 0.315. The van der Waals surface area contributed by atoms with E-state index in [0.29, 0.717) is 0 Å². The van der Waals surface area contributed by atoms with Gasteiger partial charge in [-0.15, -0.1) is 0 Å². The first-order valence-electron chi connectivity index (χ1n) is 8.59. The Morgan fingerprint density at radius 3 is 2.24 bits per heavy atom. The van der Waals surface area contributed by atoms with Crippen LogP contribution in [-0.2, 0) is 0 Å². The van der Waals surface area contributed by atoms with Gasteiger partial charge in [0, 0.05) is 0 Å². The lowest BCUT2D eigenvalue weighted by Crippen LogP contribution is -2.15. The van der Waals surface area contributed by atoms with E-state index in [1.807, 2.05) is 6.92 Å². The van der Waals surface area contributed by atoms with Crippen LogP contribution in [0, 0.1) is 11.8 Å². The monoisotopic (exact) mass is 286 g/mol. The molecule has 0 radical (unpaired) electrons. The second-order valence-corrected chi connectivity index (χ2v) is 7.19. The Bertz CT molecular complexity index is 522. The zero-order valence-electron chi connectivity index (χ0n) is 13.4. The van der Waals surface area contributed by atoms with Crippen LogP contribution in [0.25, 0.3) is 0 Å². The third-order valence-corrected chi connectivity index (χ3v) is 5.61. The normalized spacial score (nSPS) is 30.7. The van der Waals surface area contributed by atoms with Gasteiger partial charge in [0.25, 0.3) is 0 Å². The van der Waals surface area contributed by atoms with Crippen LogP contribution in [0.1, 0.15) is 65.2 Å². The molecule has 1 fully saturated rings. The molecule has 114 valence electrons. The zero-order chi connectivity index (χ0) is 14.8. The van der Waals surface area contributed by atoms with Crippen molar-refractivity contribution in [3.63, 3.8) is 0 Å². The Balaban J connectivity index is 1.70. The third-order valence-electron chi connectivity index (χ3n) is 5.61. The SMILES string of the molecule is CC1=C(F)C=C(C2=CC=C(C3CCC(C)CC3)CC2)CC1. The fraction of sp³-hybridized carbons (Fsp3) is 0.600. The van der Waals surface area contributed by atoms with E-state index in [1.165, 1.54) is 43.3 Å². The average molecular weight is 286 g/mol. The standard InChI is InChI=1S/C20H27F/c1-14-3-6-16(7-4-14)17-9-11-18(12-10-17)19-8-5-15(2)20(21)13-19/h9,11,13-14,16H,3-8,10,12H2,1-2H3. The molecule has 0 aliphatic heterocycles. The highest BCUT2D eigenvalue weighted by molar-refractivity contribution is 5.44. The zero-order valence-corrected chi connectivity index (χ0v) is 13.4. The summed E-state index contributed by atoms with van der Waals surface area (Å²) < 4.78 is 13.7. The molecule has 0 bridgehead atoms. The highest BCUT2D eigenvalue weighted by Crippen LogP contribution is 2.39. The van der Waals surface area contributed by atoms with Crippen molar-refractivity contribution in [3.8, 4) is 0 Å². The van der Waals surface area contributed by atoms with Crippen LogP contribution >= 0.6 is 0 Å². The topological polar surface area (TPSA) is 0 Å². The maximum Gasteiger partial charge on any atom is 0.122 e. The van der Waals surface area contributed by atoms with Crippen LogP contribution < -0.4 is 0 Å². The molecule has 0 saturated heterocycles. The van der Waals surface area contributed by atoms with Crippen molar-refractivity contribution in [2.75, 3.05) is 0 Å². The van der Waals surface area contributed by atoms with Crippen molar-refractivity contribution in [1.29, 1.82) is 0 Å². The molecular weight excluding hydrogens is 259 g/mol. The summed E-state index contributed by atoms with van der Waals surface area (Å²) in [5.74, 6) is 1.73. The first-order valence-corrected chi connectivity index (χ1v) is 8.59. The van der Waals surface area contributed by atoms with Crippen LogP contribution in [0.3, 0.4) is 0 Å². The highest BCUT2D eigenvalue weighted by atomic mass is 19.1. The van der Waals surface area contributed by atoms with Crippen molar-refractivity contribution in [1.82, 2.24) is 0 Å². The van der Waals surface area contributed by atoms with Gasteiger partial charge in [-0.3, -0.25) is 0 Å². The van der Waals surface area contributed by atoms with Crippen molar-refractivity contribution in [3.05, 3.63) is 46.3 Å². The fourth-order valence-electron chi connectivity index (χ4n) is 3.94. The minimum Gasteiger partial charge on any atom is -0.207 e. The number of hydrogen-bond acceptors (Lipinski definition) is 0. The summed E-state index contributed by atoms with van der Waals surface area (Å²) in [5, 5.41) is 0. The molecule has 1 saturated carbocycles. The van der Waals surface area contributed by atoms with Gasteiger partial charge < -0.3 is 0 Å². The van der Waals surface area contributed by atoms with E-state index < -0.39 is 0 Å². The Labute approximate surface area is 128 Å². The molecule has 21 heavy (non-hydrogen) atoms. The Morgan fingerprint density at radius 2 is 1.62 bits per heavy atom. The molecule has 0 unspecified atom stereocenters. The van der Waals surface area contributed by atoms with E-state index >= 15 is 0 Å². The highest BCUT2D eigenvalue weighted by Gasteiger charge is 2.23. The molecule has 1 heteroatoms. The fourth-order valence-corrected chi connectivity index (χ4v) is 3.94. The Hall–Kier alpha value is -1.11. The maximum atomic E-state index is 13.7. The third kappa shape index (κ3) is 3.39. The van der Waals surface area contributed by atoms with Crippen LogP contribution in [-0.4, -0.2) is 0 Å². The first kappa shape index (κ1) is 14.8. The number of rotatable bonds is 2. The summed E-state index contributed by atoms with van der Waals surface area (Å²) >= 11 is 0. The molecule has 0 atom stereocenters. The second kappa shape index (κ2) is 6.34. The maximum absolute atomic E-state index is 13.7. The molecule has 0 heterocycles. The summed E-state index contributed by atoms with van der Waals surface area (Å²) in [7, 11) is 0. The first-order chi connectivity index (χ1) is 10.1. The number of hydrogen-bond donors (Lipinski definition) is 0. The second-order valence-electron chi connectivity index (χ2n) is 7.19. The van der Waals surface area contributed by atoms with E-state index in [-0.39, 0.29) is 5.83 Å². The van der Waals surface area contributed by atoms with Gasteiger partial charge in [0.15, 0.2) is 0 Å². The van der Waals surface area contributed by atoms with E-state index in [4.69, 9.17) is 0 Å². The van der Waals surface area contributed by atoms with Crippen LogP contribution in [0.2, 0.25) is 0 Å². The molecule has 0 spiro atoms. The largest absolute Gasteiger partial charge is 0.207 e. The van der Waals surface area contributed by atoms with E-state index in [9.17, 15) is 4.39 Å². The molecular formula is C20H27F. The molecule has 0 aromatic carbocycles. The van der Waals surface area contributed by atoms with Gasteiger partial charge in [0.2, 0.25) is 0 Å². The molecule has 0 nitrogen and oxygen atoms in total. The van der Waals surface area contributed by atoms with Gasteiger partial charge in [-0.2, -0.15) is 0 Å². The van der Waals surface area contributed by atoms with Crippen molar-refractivity contribution >= 4 is 0 Å². The molecule has 0 aromatic heterocycles. The predicted octanol–water partition coefficient (Wildman–Crippen LogP) is 6.42. The Kier molecular flexibility index (Phi) is 4.47. The summed E-state index contributed by atoms with van der Waals surface area (Å²) in [6.45, 7) is 4.28. The quantitative estimate of drug-likeness (QED) is 0.549. The molecule has 0 N–H and O–H groups in total. The van der Waals surface area contributed by atoms with E-state index in [0.717, 1.165) is 36.7 Å². The summed E-state index contributed by atoms with van der Waals surface area (Å²) in [6.07, 6.45) is 16.1. The average Bonchev–Trinajstić information content (AvgIpc) is 2.51. The van der Waals surface area contributed by atoms with Gasteiger partial charge in [0.05, 0.1) is 0 Å². The lowest BCUT2D eigenvalue weighted by Gasteiger charge is -2.30. The summed E-state index contributed by atoms with van der Waals surface area (Å²) in [5.41, 5.74) is 5.15. The molecule has 3 aliphatic carbocycles. The molecule has 0 aromatic rings. The number of allylic oxidation sites excluding steroid dienone is 8. The van der Waals surface area contributed by atoms with Crippen molar-refractivity contribution in [2.24, 2.45) is 11.8 Å².